The third-order valence-electron chi connectivity index (χ3n) is 4.60. The molecule has 1 saturated heterocycles. The number of likely N-dealkylation sites (N-methyl/N-ethyl adjacent to an activating group) is 1. The van der Waals surface area contributed by atoms with Crippen molar-refractivity contribution in [1.82, 2.24) is 9.80 Å². The highest BCUT2D eigenvalue weighted by Crippen LogP contribution is 2.19. The quantitative estimate of drug-likeness (QED) is 0.874. The van der Waals surface area contributed by atoms with Crippen LogP contribution in [0.15, 0.2) is 24.3 Å². The largest absolute Gasteiger partial charge is 0.323 e. The van der Waals surface area contributed by atoms with Gasteiger partial charge in [-0.05, 0) is 50.0 Å². The fourth-order valence-electron chi connectivity index (χ4n) is 3.26. The maximum Gasteiger partial charge on any atom is 0.0424 e. The fourth-order valence-corrected chi connectivity index (χ4v) is 3.26. The minimum absolute atomic E-state index is 0.107. The van der Waals surface area contributed by atoms with Crippen LogP contribution in [-0.4, -0.2) is 50.1 Å². The average Bonchev–Trinajstić information content (AvgIpc) is 2.83. The van der Waals surface area contributed by atoms with Gasteiger partial charge in [0.05, 0.1) is 0 Å². The summed E-state index contributed by atoms with van der Waals surface area (Å²) >= 11 is 0. The Morgan fingerprint density at radius 1 is 1.24 bits per heavy atom. The second kappa shape index (κ2) is 7.39. The lowest BCUT2D eigenvalue weighted by molar-refractivity contribution is 0.260. The number of likely N-dealkylation sites (tertiary alicyclic amines) is 1. The summed E-state index contributed by atoms with van der Waals surface area (Å²) < 4.78 is 0. The van der Waals surface area contributed by atoms with Crippen molar-refractivity contribution >= 4 is 0 Å². The number of hydrogen-bond donors (Lipinski definition) is 1. The maximum absolute atomic E-state index is 6.37. The van der Waals surface area contributed by atoms with Crippen molar-refractivity contribution in [1.29, 1.82) is 0 Å². The maximum atomic E-state index is 6.37. The van der Waals surface area contributed by atoms with E-state index in [9.17, 15) is 0 Å². The Bertz CT molecular complexity index is 427. The number of nitrogens with zero attached hydrogens (tertiary/aromatic N) is 2. The first-order chi connectivity index (χ1) is 9.95. The molecule has 0 amide bonds. The lowest BCUT2D eigenvalue weighted by Gasteiger charge is -2.24. The molecule has 2 atom stereocenters. The SMILES string of the molecule is CC(C)c1ccc(C(N)CN(C)CC2CCN(C)C2)cc1. The fraction of sp³-hybridized carbons (Fsp3) is 0.667. The van der Waals surface area contributed by atoms with E-state index < -0.39 is 0 Å². The minimum atomic E-state index is 0.107. The Hall–Kier alpha value is -0.900. The van der Waals surface area contributed by atoms with Crippen LogP contribution in [-0.2, 0) is 0 Å². The molecule has 21 heavy (non-hydrogen) atoms. The molecule has 2 unspecified atom stereocenters. The number of hydrogen-bond acceptors (Lipinski definition) is 3. The van der Waals surface area contributed by atoms with E-state index in [4.69, 9.17) is 5.73 Å². The Morgan fingerprint density at radius 3 is 2.38 bits per heavy atom. The number of nitrogens with two attached hydrogens (primary N) is 1. The molecule has 0 aromatic heterocycles. The van der Waals surface area contributed by atoms with Gasteiger partial charge >= 0.3 is 0 Å². The molecule has 1 aliphatic heterocycles. The molecule has 1 heterocycles. The summed E-state index contributed by atoms with van der Waals surface area (Å²) in [6.45, 7) is 9.00. The van der Waals surface area contributed by atoms with Crippen molar-refractivity contribution in [3.8, 4) is 0 Å². The summed E-state index contributed by atoms with van der Waals surface area (Å²) in [6, 6.07) is 8.92. The van der Waals surface area contributed by atoms with Crippen LogP contribution in [0.2, 0.25) is 0 Å². The van der Waals surface area contributed by atoms with Gasteiger partial charge in [-0.2, -0.15) is 0 Å². The average molecular weight is 289 g/mol. The molecule has 3 heteroatoms. The summed E-state index contributed by atoms with van der Waals surface area (Å²) in [6.07, 6.45) is 1.32. The first-order valence-corrected chi connectivity index (χ1v) is 8.18. The van der Waals surface area contributed by atoms with Gasteiger partial charge in [0.2, 0.25) is 0 Å². The van der Waals surface area contributed by atoms with E-state index in [1.54, 1.807) is 0 Å². The van der Waals surface area contributed by atoms with Gasteiger partial charge in [-0.15, -0.1) is 0 Å². The summed E-state index contributed by atoms with van der Waals surface area (Å²) in [5.74, 6) is 1.38. The van der Waals surface area contributed by atoms with Crippen LogP contribution in [0.25, 0.3) is 0 Å². The monoisotopic (exact) mass is 289 g/mol. The van der Waals surface area contributed by atoms with Crippen LogP contribution >= 0.6 is 0 Å². The summed E-state index contributed by atoms with van der Waals surface area (Å²) in [7, 11) is 4.41. The van der Waals surface area contributed by atoms with Gasteiger partial charge in [-0.25, -0.2) is 0 Å². The number of rotatable bonds is 6. The second-order valence-electron chi connectivity index (χ2n) is 7.07. The van der Waals surface area contributed by atoms with Crippen LogP contribution < -0.4 is 5.73 Å². The van der Waals surface area contributed by atoms with E-state index in [-0.39, 0.29) is 6.04 Å². The Labute approximate surface area is 130 Å². The molecular weight excluding hydrogens is 258 g/mol. The van der Waals surface area contributed by atoms with Crippen LogP contribution in [0, 0.1) is 5.92 Å². The first kappa shape index (κ1) is 16.5. The third kappa shape index (κ3) is 4.80. The molecule has 0 bridgehead atoms. The Kier molecular flexibility index (Phi) is 5.80. The highest BCUT2D eigenvalue weighted by atomic mass is 15.2. The van der Waals surface area contributed by atoms with Crippen molar-refractivity contribution < 1.29 is 0 Å². The van der Waals surface area contributed by atoms with Crippen molar-refractivity contribution in [2.45, 2.75) is 32.2 Å². The molecule has 1 aromatic carbocycles. The molecule has 2 N–H and O–H groups in total. The molecule has 3 nitrogen and oxygen atoms in total. The van der Waals surface area contributed by atoms with Crippen LogP contribution in [0.4, 0.5) is 0 Å². The molecule has 0 saturated carbocycles. The third-order valence-corrected chi connectivity index (χ3v) is 4.60. The molecule has 1 fully saturated rings. The van der Waals surface area contributed by atoms with Gasteiger partial charge in [0, 0.05) is 25.7 Å². The second-order valence-corrected chi connectivity index (χ2v) is 7.07. The van der Waals surface area contributed by atoms with Crippen molar-refractivity contribution in [2.75, 3.05) is 40.3 Å². The lowest BCUT2D eigenvalue weighted by atomic mass is 9.99. The molecule has 0 radical (unpaired) electrons. The van der Waals surface area contributed by atoms with E-state index in [0.717, 1.165) is 19.0 Å². The zero-order valence-electron chi connectivity index (χ0n) is 14.0. The van der Waals surface area contributed by atoms with E-state index >= 15 is 0 Å². The predicted octanol–water partition coefficient (Wildman–Crippen LogP) is 2.69. The highest BCUT2D eigenvalue weighted by molar-refractivity contribution is 5.26. The van der Waals surface area contributed by atoms with Crippen molar-refractivity contribution in [2.24, 2.45) is 11.7 Å². The Morgan fingerprint density at radius 2 is 1.86 bits per heavy atom. The lowest BCUT2D eigenvalue weighted by Crippen LogP contribution is -2.33. The van der Waals surface area contributed by atoms with Gasteiger partial charge in [0.25, 0.3) is 0 Å². The van der Waals surface area contributed by atoms with Gasteiger partial charge in [0.1, 0.15) is 0 Å². The van der Waals surface area contributed by atoms with Crippen molar-refractivity contribution in [3.63, 3.8) is 0 Å². The topological polar surface area (TPSA) is 32.5 Å². The van der Waals surface area contributed by atoms with E-state index in [2.05, 4.69) is 62.0 Å². The summed E-state index contributed by atoms with van der Waals surface area (Å²) in [4.78, 5) is 4.81. The molecule has 0 spiro atoms. The molecule has 2 rings (SSSR count). The standard InChI is InChI=1S/C18H31N3/c1-14(2)16-5-7-17(8-6-16)18(19)13-21(4)12-15-9-10-20(3)11-15/h5-8,14-15,18H,9-13,19H2,1-4H3. The molecular formula is C18H31N3. The van der Waals surface area contributed by atoms with Crippen LogP contribution in [0.5, 0.6) is 0 Å². The van der Waals surface area contributed by atoms with E-state index in [1.807, 2.05) is 0 Å². The summed E-state index contributed by atoms with van der Waals surface area (Å²) in [5.41, 5.74) is 9.00. The van der Waals surface area contributed by atoms with E-state index in [1.165, 1.54) is 30.6 Å². The number of benzene rings is 1. The zero-order chi connectivity index (χ0) is 15.4. The Balaban J connectivity index is 1.83. The molecule has 0 aliphatic carbocycles. The smallest absolute Gasteiger partial charge is 0.0424 e. The van der Waals surface area contributed by atoms with Gasteiger partial charge in [0.15, 0.2) is 0 Å². The summed E-state index contributed by atoms with van der Waals surface area (Å²) in [5, 5.41) is 0. The van der Waals surface area contributed by atoms with Gasteiger partial charge < -0.3 is 15.5 Å². The zero-order valence-corrected chi connectivity index (χ0v) is 14.0. The van der Waals surface area contributed by atoms with Crippen LogP contribution in [0.3, 0.4) is 0 Å². The van der Waals surface area contributed by atoms with Crippen LogP contribution in [0.1, 0.15) is 43.4 Å². The van der Waals surface area contributed by atoms with E-state index in [0.29, 0.717) is 5.92 Å². The molecule has 118 valence electrons. The van der Waals surface area contributed by atoms with Gasteiger partial charge in [-0.1, -0.05) is 38.1 Å². The van der Waals surface area contributed by atoms with Crippen molar-refractivity contribution in [3.05, 3.63) is 35.4 Å². The minimum Gasteiger partial charge on any atom is -0.323 e. The molecule has 1 aliphatic rings. The first-order valence-electron chi connectivity index (χ1n) is 8.18. The van der Waals surface area contributed by atoms with Gasteiger partial charge in [-0.3, -0.25) is 0 Å². The normalized spacial score (nSPS) is 21.4. The highest BCUT2D eigenvalue weighted by Gasteiger charge is 2.21. The predicted molar refractivity (Wildman–Crippen MR) is 90.6 cm³/mol. The molecule has 1 aromatic rings.